The number of ether oxygens (including phenoxy) is 1. The minimum absolute atomic E-state index is 0.822. The van der Waals surface area contributed by atoms with E-state index in [9.17, 15) is 0 Å². The highest BCUT2D eigenvalue weighted by Crippen LogP contribution is 2.18. The first-order chi connectivity index (χ1) is 12.7. The van der Waals surface area contributed by atoms with Crippen LogP contribution in [0.15, 0.2) is 23.8 Å². The quantitative estimate of drug-likeness (QED) is 0.442. The fraction of sp³-hybridized carbons (Fsp3) is 0.667. The van der Waals surface area contributed by atoms with Gasteiger partial charge in [0.1, 0.15) is 0 Å². The highest BCUT2D eigenvalue weighted by Gasteiger charge is 2.08. The third kappa shape index (κ3) is 8.02. The summed E-state index contributed by atoms with van der Waals surface area (Å²) < 4.78 is 7.36. The molecule has 0 aliphatic carbocycles. The molecule has 5 heteroatoms. The van der Waals surface area contributed by atoms with Crippen LogP contribution in [0.2, 0.25) is 0 Å². The Kier molecular flexibility index (Phi) is 9.96. The lowest BCUT2D eigenvalue weighted by Crippen LogP contribution is -2.25. The average molecular weight is 378 g/mol. The first-order valence-corrected chi connectivity index (χ1v) is 10.9. The van der Waals surface area contributed by atoms with E-state index < -0.39 is 0 Å². The monoisotopic (exact) mass is 377 g/mol. The van der Waals surface area contributed by atoms with Crippen LogP contribution >= 0.6 is 11.3 Å². The van der Waals surface area contributed by atoms with Crippen molar-refractivity contribution in [3.8, 4) is 0 Å². The van der Waals surface area contributed by atoms with Gasteiger partial charge in [-0.1, -0.05) is 6.42 Å². The van der Waals surface area contributed by atoms with Crippen molar-refractivity contribution in [2.24, 2.45) is 7.05 Å². The average Bonchev–Trinajstić information content (AvgIpc) is 3.22. The normalized spacial score (nSPS) is 11.5. The second kappa shape index (κ2) is 12.3. The Morgan fingerprint density at radius 1 is 1.15 bits per heavy atom. The molecule has 0 radical (unpaired) electrons. The summed E-state index contributed by atoms with van der Waals surface area (Å²) in [5.41, 5.74) is 2.85. The first kappa shape index (κ1) is 21.1. The number of nitrogens with zero attached hydrogens (tertiary/aromatic N) is 3. The van der Waals surface area contributed by atoms with Crippen LogP contribution in [-0.2, 0) is 24.8 Å². The Labute approximate surface area is 163 Å². The summed E-state index contributed by atoms with van der Waals surface area (Å²) in [6.45, 7) is 9.33. The number of thiophene rings is 1. The lowest BCUT2D eigenvalue weighted by molar-refractivity contribution is 0.138. The van der Waals surface area contributed by atoms with Crippen molar-refractivity contribution in [3.63, 3.8) is 0 Å². The molecule has 0 saturated carbocycles. The van der Waals surface area contributed by atoms with Crippen molar-refractivity contribution < 1.29 is 4.74 Å². The predicted molar refractivity (Wildman–Crippen MR) is 111 cm³/mol. The Balaban J connectivity index is 1.68. The van der Waals surface area contributed by atoms with Gasteiger partial charge in [0.15, 0.2) is 0 Å². The van der Waals surface area contributed by atoms with E-state index in [1.807, 2.05) is 29.3 Å². The Morgan fingerprint density at radius 3 is 2.62 bits per heavy atom. The highest BCUT2D eigenvalue weighted by molar-refractivity contribution is 7.10. The van der Waals surface area contributed by atoms with Gasteiger partial charge in [0, 0.05) is 43.4 Å². The van der Waals surface area contributed by atoms with E-state index in [0.717, 1.165) is 32.7 Å². The van der Waals surface area contributed by atoms with E-state index in [0.29, 0.717) is 0 Å². The SMILES string of the molecule is CCOCCCCN(CCCCCc1ccsc1C)Cc1cnn(C)c1. The Hall–Kier alpha value is -1.17. The van der Waals surface area contributed by atoms with Crippen molar-refractivity contribution in [1.29, 1.82) is 0 Å². The van der Waals surface area contributed by atoms with Gasteiger partial charge in [0.2, 0.25) is 0 Å². The van der Waals surface area contributed by atoms with Crippen LogP contribution < -0.4 is 0 Å². The van der Waals surface area contributed by atoms with Crippen molar-refractivity contribution in [1.82, 2.24) is 14.7 Å². The Bertz CT molecular complexity index is 608. The summed E-state index contributed by atoms with van der Waals surface area (Å²) in [6, 6.07) is 2.28. The molecule has 2 aromatic rings. The van der Waals surface area contributed by atoms with Crippen molar-refractivity contribution in [3.05, 3.63) is 39.8 Å². The standard InChI is InChI=1S/C21H35N3OS/c1-4-25-14-9-8-13-24(18-20-16-22-23(3)17-20)12-7-5-6-10-21-11-15-26-19(21)2/h11,15-17H,4-10,12-14,18H2,1-3H3. The summed E-state index contributed by atoms with van der Waals surface area (Å²) >= 11 is 1.86. The van der Waals surface area contributed by atoms with Crippen LogP contribution in [0.1, 0.15) is 55.0 Å². The minimum Gasteiger partial charge on any atom is -0.382 e. The second-order valence-electron chi connectivity index (χ2n) is 7.02. The van der Waals surface area contributed by atoms with Crippen LogP contribution in [0.5, 0.6) is 0 Å². The number of hydrogen-bond donors (Lipinski definition) is 0. The molecule has 26 heavy (non-hydrogen) atoms. The first-order valence-electron chi connectivity index (χ1n) is 9.99. The lowest BCUT2D eigenvalue weighted by atomic mass is 10.1. The molecule has 4 nitrogen and oxygen atoms in total. The van der Waals surface area contributed by atoms with Gasteiger partial charge in [-0.3, -0.25) is 9.58 Å². The van der Waals surface area contributed by atoms with Crippen LogP contribution in [-0.4, -0.2) is 41.0 Å². The molecule has 0 N–H and O–H groups in total. The number of rotatable bonds is 14. The summed E-state index contributed by atoms with van der Waals surface area (Å²) in [6.07, 6.45) is 11.6. The molecule has 0 amide bonds. The molecule has 0 aliphatic heterocycles. The molecule has 0 aromatic carbocycles. The zero-order valence-electron chi connectivity index (χ0n) is 16.7. The van der Waals surface area contributed by atoms with E-state index in [1.54, 1.807) is 0 Å². The van der Waals surface area contributed by atoms with E-state index in [2.05, 4.69) is 41.5 Å². The minimum atomic E-state index is 0.822. The van der Waals surface area contributed by atoms with Crippen LogP contribution in [0, 0.1) is 6.92 Å². The van der Waals surface area contributed by atoms with E-state index in [4.69, 9.17) is 4.74 Å². The molecule has 0 spiro atoms. The van der Waals surface area contributed by atoms with E-state index in [-0.39, 0.29) is 0 Å². The maximum Gasteiger partial charge on any atom is 0.0534 e. The predicted octanol–water partition coefficient (Wildman–Crippen LogP) is 4.82. The summed E-state index contributed by atoms with van der Waals surface area (Å²) in [7, 11) is 1.99. The Morgan fingerprint density at radius 2 is 1.96 bits per heavy atom. The van der Waals surface area contributed by atoms with Crippen molar-refractivity contribution in [2.45, 2.75) is 58.9 Å². The molecule has 2 aromatic heterocycles. The lowest BCUT2D eigenvalue weighted by Gasteiger charge is -2.21. The molecule has 2 rings (SSSR count). The number of aromatic nitrogens is 2. The van der Waals surface area contributed by atoms with Crippen LogP contribution in [0.25, 0.3) is 0 Å². The number of unbranched alkanes of at least 4 members (excludes halogenated alkanes) is 3. The zero-order valence-corrected chi connectivity index (χ0v) is 17.6. The molecule has 0 saturated heterocycles. The third-order valence-electron chi connectivity index (χ3n) is 4.77. The van der Waals surface area contributed by atoms with Crippen molar-refractivity contribution >= 4 is 11.3 Å². The van der Waals surface area contributed by atoms with E-state index in [1.165, 1.54) is 54.7 Å². The molecular weight excluding hydrogens is 342 g/mol. The fourth-order valence-electron chi connectivity index (χ4n) is 3.26. The fourth-order valence-corrected chi connectivity index (χ4v) is 4.02. The van der Waals surface area contributed by atoms with Gasteiger partial charge in [-0.25, -0.2) is 0 Å². The molecule has 0 atom stereocenters. The third-order valence-corrected chi connectivity index (χ3v) is 5.66. The topological polar surface area (TPSA) is 30.3 Å². The smallest absolute Gasteiger partial charge is 0.0534 e. The summed E-state index contributed by atoms with van der Waals surface area (Å²) in [5.74, 6) is 0. The summed E-state index contributed by atoms with van der Waals surface area (Å²) in [4.78, 5) is 4.07. The zero-order chi connectivity index (χ0) is 18.6. The molecule has 0 bridgehead atoms. The number of hydrogen-bond acceptors (Lipinski definition) is 4. The van der Waals surface area contributed by atoms with Crippen LogP contribution in [0.3, 0.4) is 0 Å². The summed E-state index contributed by atoms with van der Waals surface area (Å²) in [5, 5.41) is 6.52. The molecular formula is C21H35N3OS. The maximum absolute atomic E-state index is 5.46. The van der Waals surface area contributed by atoms with Gasteiger partial charge >= 0.3 is 0 Å². The molecule has 2 heterocycles. The van der Waals surface area contributed by atoms with E-state index >= 15 is 0 Å². The number of aryl methyl sites for hydroxylation is 3. The van der Waals surface area contributed by atoms with Gasteiger partial charge in [0.05, 0.1) is 6.20 Å². The second-order valence-corrected chi connectivity index (χ2v) is 8.14. The van der Waals surface area contributed by atoms with Gasteiger partial charge in [-0.2, -0.15) is 5.10 Å². The maximum atomic E-state index is 5.46. The molecule has 0 aliphatic rings. The largest absolute Gasteiger partial charge is 0.382 e. The van der Waals surface area contributed by atoms with Gasteiger partial charge in [-0.05, 0) is 76.1 Å². The van der Waals surface area contributed by atoms with Gasteiger partial charge in [-0.15, -0.1) is 11.3 Å². The van der Waals surface area contributed by atoms with Gasteiger partial charge in [0.25, 0.3) is 0 Å². The molecule has 146 valence electrons. The van der Waals surface area contributed by atoms with Gasteiger partial charge < -0.3 is 4.74 Å². The molecule has 0 fully saturated rings. The van der Waals surface area contributed by atoms with Crippen LogP contribution in [0.4, 0.5) is 0 Å². The van der Waals surface area contributed by atoms with Crippen molar-refractivity contribution in [2.75, 3.05) is 26.3 Å². The highest BCUT2D eigenvalue weighted by atomic mass is 32.1. The molecule has 0 unspecified atom stereocenters.